The zero-order chi connectivity index (χ0) is 19.5. The van der Waals surface area contributed by atoms with Crippen molar-refractivity contribution in [3.05, 3.63) is 58.7 Å². The van der Waals surface area contributed by atoms with Gasteiger partial charge in [0.05, 0.1) is 23.5 Å². The fraction of sp³-hybridized carbons (Fsp3) is 0.190. The molecule has 0 saturated heterocycles. The van der Waals surface area contributed by atoms with Crippen LogP contribution in [0.5, 0.6) is 5.75 Å². The molecule has 4 rings (SSSR count). The second-order valence-corrected chi connectivity index (χ2v) is 7.23. The Labute approximate surface area is 166 Å². The summed E-state index contributed by atoms with van der Waals surface area (Å²) in [4.78, 5) is 21.3. The topological polar surface area (TPSA) is 77.2 Å². The van der Waals surface area contributed by atoms with Crippen LogP contribution in [0.1, 0.15) is 17.3 Å². The molecule has 1 N–H and O–H groups in total. The van der Waals surface area contributed by atoms with Gasteiger partial charge in [0.25, 0.3) is 0 Å². The summed E-state index contributed by atoms with van der Waals surface area (Å²) in [6.07, 6.45) is 0.928. The summed E-state index contributed by atoms with van der Waals surface area (Å²) in [5, 5.41) is 5.84. The number of hydrogen-bond acceptors (Lipinski definition) is 6. The summed E-state index contributed by atoms with van der Waals surface area (Å²) >= 11 is 1.56. The number of methoxy groups -OCH3 is 1. The Hall–Kier alpha value is -3.19. The average Bonchev–Trinajstić information content (AvgIpc) is 3.33. The highest BCUT2D eigenvalue weighted by Gasteiger charge is 2.12. The van der Waals surface area contributed by atoms with Crippen molar-refractivity contribution in [3.8, 4) is 17.0 Å². The zero-order valence-electron chi connectivity index (χ0n) is 15.6. The Kier molecular flexibility index (Phi) is 5.08. The lowest BCUT2D eigenvalue weighted by atomic mass is 10.2. The van der Waals surface area contributed by atoms with Crippen LogP contribution in [0.3, 0.4) is 0 Å². The Morgan fingerprint density at radius 1 is 1.18 bits per heavy atom. The maximum absolute atomic E-state index is 12.4. The molecular weight excluding hydrogens is 374 g/mol. The van der Waals surface area contributed by atoms with E-state index in [1.165, 1.54) is 0 Å². The first kappa shape index (κ1) is 18.2. The second kappa shape index (κ2) is 7.82. The minimum atomic E-state index is -0.0808. The summed E-state index contributed by atoms with van der Waals surface area (Å²) in [5.41, 5.74) is 3.91. The number of ether oxygens (including phenoxy) is 1. The Balaban J connectivity index is 1.39. The standard InChI is InChI=1S/C21H19N3O3S/c1-13-22-16-4-3-5-17(21(16)27-13)23-19(25)10-11-20-24-18(12-28-20)14-6-8-15(26-2)9-7-14/h3-9,12H,10-11H2,1-2H3,(H,23,25). The van der Waals surface area contributed by atoms with Crippen LogP contribution in [-0.4, -0.2) is 23.0 Å². The number of oxazole rings is 1. The predicted octanol–water partition coefficient (Wildman–Crippen LogP) is 4.84. The summed E-state index contributed by atoms with van der Waals surface area (Å²) in [6, 6.07) is 13.3. The number of nitrogens with zero attached hydrogens (tertiary/aromatic N) is 2. The quantitative estimate of drug-likeness (QED) is 0.507. The minimum Gasteiger partial charge on any atom is -0.497 e. The van der Waals surface area contributed by atoms with E-state index in [0.717, 1.165) is 27.5 Å². The molecule has 7 heteroatoms. The van der Waals surface area contributed by atoms with Crippen LogP contribution in [0.15, 0.2) is 52.3 Å². The molecule has 6 nitrogen and oxygen atoms in total. The van der Waals surface area contributed by atoms with Crippen LogP contribution in [0.25, 0.3) is 22.4 Å². The Morgan fingerprint density at radius 2 is 2.00 bits per heavy atom. The molecule has 0 aliphatic heterocycles. The van der Waals surface area contributed by atoms with Gasteiger partial charge in [-0.2, -0.15) is 0 Å². The van der Waals surface area contributed by atoms with Gasteiger partial charge in [0.15, 0.2) is 11.5 Å². The van der Waals surface area contributed by atoms with Gasteiger partial charge in [-0.1, -0.05) is 6.07 Å². The summed E-state index contributed by atoms with van der Waals surface area (Å²) < 4.78 is 10.8. The smallest absolute Gasteiger partial charge is 0.224 e. The van der Waals surface area contributed by atoms with E-state index in [1.807, 2.05) is 47.8 Å². The molecule has 0 aliphatic carbocycles. The predicted molar refractivity (Wildman–Crippen MR) is 110 cm³/mol. The molecule has 0 bridgehead atoms. The third-order valence-corrected chi connectivity index (χ3v) is 5.21. The molecule has 2 heterocycles. The molecule has 0 atom stereocenters. The maximum Gasteiger partial charge on any atom is 0.224 e. The van der Waals surface area contributed by atoms with Crippen LogP contribution in [0, 0.1) is 6.92 Å². The molecule has 142 valence electrons. The molecule has 0 aliphatic rings. The normalized spacial score (nSPS) is 10.9. The van der Waals surface area contributed by atoms with Crippen LogP contribution in [-0.2, 0) is 11.2 Å². The fourth-order valence-electron chi connectivity index (χ4n) is 2.91. The Bertz CT molecular complexity index is 1120. The number of aromatic nitrogens is 2. The molecule has 2 aromatic heterocycles. The molecule has 0 unspecified atom stereocenters. The number of rotatable bonds is 6. The molecule has 1 amide bonds. The van der Waals surface area contributed by atoms with Gasteiger partial charge in [-0.25, -0.2) is 9.97 Å². The van der Waals surface area contributed by atoms with E-state index in [4.69, 9.17) is 9.15 Å². The van der Waals surface area contributed by atoms with Crippen LogP contribution < -0.4 is 10.1 Å². The average molecular weight is 393 g/mol. The van der Waals surface area contributed by atoms with Gasteiger partial charge in [-0.15, -0.1) is 11.3 Å². The van der Waals surface area contributed by atoms with Crippen molar-refractivity contribution in [2.75, 3.05) is 12.4 Å². The number of thiazole rings is 1. The molecular formula is C21H19N3O3S. The number of anilines is 1. The largest absolute Gasteiger partial charge is 0.497 e. The summed E-state index contributed by atoms with van der Waals surface area (Å²) in [6.45, 7) is 1.79. The van der Waals surface area contributed by atoms with Gasteiger partial charge >= 0.3 is 0 Å². The number of aryl methyl sites for hydroxylation is 2. The zero-order valence-corrected chi connectivity index (χ0v) is 16.4. The third kappa shape index (κ3) is 3.89. The van der Waals surface area contributed by atoms with Crippen LogP contribution >= 0.6 is 11.3 Å². The highest BCUT2D eigenvalue weighted by molar-refractivity contribution is 7.09. The molecule has 0 saturated carbocycles. The van der Waals surface area contributed by atoms with E-state index >= 15 is 0 Å². The van der Waals surface area contributed by atoms with E-state index < -0.39 is 0 Å². The van der Waals surface area contributed by atoms with E-state index in [0.29, 0.717) is 30.0 Å². The number of nitrogens with one attached hydrogen (secondary N) is 1. The lowest BCUT2D eigenvalue weighted by Gasteiger charge is -2.04. The van der Waals surface area contributed by atoms with Gasteiger partial charge in [-0.05, 0) is 36.4 Å². The summed E-state index contributed by atoms with van der Waals surface area (Å²) in [7, 11) is 1.64. The lowest BCUT2D eigenvalue weighted by Crippen LogP contribution is -2.12. The number of carbonyl (C=O) groups excluding carboxylic acids is 1. The van der Waals surface area contributed by atoms with Crippen molar-refractivity contribution in [3.63, 3.8) is 0 Å². The first-order valence-corrected chi connectivity index (χ1v) is 9.75. The van der Waals surface area contributed by atoms with E-state index in [9.17, 15) is 4.79 Å². The molecule has 0 radical (unpaired) electrons. The van der Waals surface area contributed by atoms with E-state index in [-0.39, 0.29) is 5.91 Å². The SMILES string of the molecule is COc1ccc(-c2csc(CCC(=O)Nc3cccc4nc(C)oc34)n2)cc1. The van der Waals surface area contributed by atoms with Crippen molar-refractivity contribution in [1.29, 1.82) is 0 Å². The van der Waals surface area contributed by atoms with Gasteiger partial charge < -0.3 is 14.5 Å². The van der Waals surface area contributed by atoms with Gasteiger partial charge in [0, 0.05) is 30.7 Å². The van der Waals surface area contributed by atoms with Gasteiger partial charge in [0.1, 0.15) is 11.3 Å². The number of carbonyl (C=O) groups is 1. The number of fused-ring (bicyclic) bond motifs is 1. The molecule has 0 fully saturated rings. The first-order chi connectivity index (χ1) is 13.6. The van der Waals surface area contributed by atoms with Crippen molar-refractivity contribution in [2.45, 2.75) is 19.8 Å². The second-order valence-electron chi connectivity index (χ2n) is 6.29. The molecule has 28 heavy (non-hydrogen) atoms. The fourth-order valence-corrected chi connectivity index (χ4v) is 3.72. The van der Waals surface area contributed by atoms with Gasteiger partial charge in [-0.3, -0.25) is 4.79 Å². The van der Waals surface area contributed by atoms with Crippen molar-refractivity contribution in [1.82, 2.24) is 9.97 Å². The van der Waals surface area contributed by atoms with E-state index in [2.05, 4.69) is 15.3 Å². The third-order valence-electron chi connectivity index (χ3n) is 4.30. The molecule has 2 aromatic carbocycles. The van der Waals surface area contributed by atoms with Crippen LogP contribution in [0.2, 0.25) is 0 Å². The summed E-state index contributed by atoms with van der Waals surface area (Å²) in [5.74, 6) is 1.31. The first-order valence-electron chi connectivity index (χ1n) is 8.87. The van der Waals surface area contributed by atoms with E-state index in [1.54, 1.807) is 25.4 Å². The van der Waals surface area contributed by atoms with Crippen LogP contribution in [0.4, 0.5) is 5.69 Å². The van der Waals surface area contributed by atoms with Crippen molar-refractivity contribution >= 4 is 34.0 Å². The number of amides is 1. The van der Waals surface area contributed by atoms with Crippen molar-refractivity contribution in [2.24, 2.45) is 0 Å². The number of para-hydroxylation sites is 1. The molecule has 0 spiro atoms. The van der Waals surface area contributed by atoms with Crippen molar-refractivity contribution < 1.29 is 13.9 Å². The monoisotopic (exact) mass is 393 g/mol. The lowest BCUT2D eigenvalue weighted by molar-refractivity contribution is -0.116. The minimum absolute atomic E-state index is 0.0808. The maximum atomic E-state index is 12.4. The number of hydrogen-bond donors (Lipinski definition) is 1. The highest BCUT2D eigenvalue weighted by atomic mass is 32.1. The highest BCUT2D eigenvalue weighted by Crippen LogP contribution is 2.26. The van der Waals surface area contributed by atoms with Gasteiger partial charge in [0.2, 0.25) is 5.91 Å². The number of benzene rings is 2. The Morgan fingerprint density at radius 3 is 2.79 bits per heavy atom. The molecule has 4 aromatic rings.